The van der Waals surface area contributed by atoms with Crippen LogP contribution in [0.5, 0.6) is 0 Å². The molecular weight excluding hydrogens is 312 g/mol. The highest BCUT2D eigenvalue weighted by Crippen LogP contribution is 2.25. The average Bonchev–Trinajstić information content (AvgIpc) is 2.59. The van der Waals surface area contributed by atoms with E-state index in [-0.39, 0.29) is 17.2 Å². The van der Waals surface area contributed by atoms with Crippen LogP contribution in [0.25, 0.3) is 0 Å². The summed E-state index contributed by atoms with van der Waals surface area (Å²) in [6.07, 6.45) is 1.86. The zero-order chi connectivity index (χ0) is 16.8. The smallest absolute Gasteiger partial charge is 0.282 e. The lowest BCUT2D eigenvalue weighted by molar-refractivity contribution is -0.385. The molecule has 0 aliphatic rings. The third kappa shape index (κ3) is 4.32. The molecule has 0 saturated carbocycles. The van der Waals surface area contributed by atoms with E-state index >= 15 is 0 Å². The number of amides is 1. The number of carbonyl (C=O) groups excluding carboxylic acids is 1. The van der Waals surface area contributed by atoms with Gasteiger partial charge in [-0.1, -0.05) is 37.3 Å². The number of carbonyl (C=O) groups is 1. The molecule has 1 N–H and O–H groups in total. The summed E-state index contributed by atoms with van der Waals surface area (Å²) in [7, 11) is 0. The van der Waals surface area contributed by atoms with Gasteiger partial charge in [0.05, 0.1) is 4.92 Å². The number of rotatable bonds is 6. The Morgan fingerprint density at radius 1 is 1.26 bits per heavy atom. The third-order valence-electron chi connectivity index (χ3n) is 3.58. The number of nitro groups is 1. The summed E-state index contributed by atoms with van der Waals surface area (Å²) in [4.78, 5) is 23.7. The van der Waals surface area contributed by atoms with Crippen LogP contribution in [0.3, 0.4) is 0 Å². The maximum Gasteiger partial charge on any atom is 0.282 e. The lowest BCUT2D eigenvalue weighted by Crippen LogP contribution is -2.28. The first-order chi connectivity index (χ1) is 11.0. The first kappa shape index (κ1) is 17.0. The molecule has 2 aromatic rings. The molecule has 0 heterocycles. The number of hydrogen-bond donors (Lipinski definition) is 1. The highest BCUT2D eigenvalue weighted by atomic mass is 32.2. The Hall–Kier alpha value is -2.34. The summed E-state index contributed by atoms with van der Waals surface area (Å²) in [5.74, 6) is -0.293. The largest absolute Gasteiger partial charge is 0.351 e. The lowest BCUT2D eigenvalue weighted by Gasteiger charge is -2.13. The molecule has 0 aromatic heterocycles. The second-order valence-corrected chi connectivity index (χ2v) is 6.04. The fraction of sp³-hybridized carbons (Fsp3) is 0.235. The summed E-state index contributed by atoms with van der Waals surface area (Å²) < 4.78 is 0. The summed E-state index contributed by atoms with van der Waals surface area (Å²) >= 11 is 1.44. The summed E-state index contributed by atoms with van der Waals surface area (Å²) in [6, 6.07) is 14.4. The Balaban J connectivity index is 2.12. The number of nitro benzene ring substituents is 1. The van der Waals surface area contributed by atoms with Crippen molar-refractivity contribution in [2.75, 3.05) is 12.8 Å². The molecule has 2 rings (SSSR count). The number of thioether (sulfide) groups is 1. The van der Waals surface area contributed by atoms with Crippen molar-refractivity contribution in [3.8, 4) is 0 Å². The highest BCUT2D eigenvalue weighted by molar-refractivity contribution is 7.98. The van der Waals surface area contributed by atoms with Gasteiger partial charge in [-0.2, -0.15) is 0 Å². The molecule has 0 aliphatic carbocycles. The van der Waals surface area contributed by atoms with Crippen LogP contribution in [0.15, 0.2) is 53.4 Å². The number of nitrogens with zero attached hydrogens (tertiary/aromatic N) is 1. The zero-order valence-electron chi connectivity index (χ0n) is 13.0. The SMILES string of the molecule is CSc1ccc([N+](=O)[O-])c(C(=O)NC[C@H](C)c2ccccc2)c1. The maximum atomic E-state index is 12.3. The second kappa shape index (κ2) is 7.78. The molecule has 0 fully saturated rings. The highest BCUT2D eigenvalue weighted by Gasteiger charge is 2.21. The van der Waals surface area contributed by atoms with Crippen molar-refractivity contribution in [1.82, 2.24) is 5.32 Å². The number of nitrogens with one attached hydrogen (secondary N) is 1. The fourth-order valence-electron chi connectivity index (χ4n) is 2.22. The molecule has 23 heavy (non-hydrogen) atoms. The molecule has 1 amide bonds. The van der Waals surface area contributed by atoms with E-state index in [0.29, 0.717) is 6.54 Å². The van der Waals surface area contributed by atoms with E-state index in [2.05, 4.69) is 5.32 Å². The van der Waals surface area contributed by atoms with Crippen LogP contribution in [-0.2, 0) is 0 Å². The number of benzene rings is 2. The third-order valence-corrected chi connectivity index (χ3v) is 4.31. The van der Waals surface area contributed by atoms with Gasteiger partial charge in [-0.25, -0.2) is 0 Å². The summed E-state index contributed by atoms with van der Waals surface area (Å²) in [6.45, 7) is 2.42. The molecule has 1 atom stereocenters. The van der Waals surface area contributed by atoms with Gasteiger partial charge in [-0.3, -0.25) is 14.9 Å². The Morgan fingerprint density at radius 3 is 2.57 bits per heavy atom. The van der Waals surface area contributed by atoms with Gasteiger partial charge in [0.2, 0.25) is 0 Å². The van der Waals surface area contributed by atoms with Gasteiger partial charge in [0.1, 0.15) is 5.56 Å². The molecule has 2 aromatic carbocycles. The van der Waals surface area contributed by atoms with Gasteiger partial charge in [0.25, 0.3) is 11.6 Å². The predicted molar refractivity (Wildman–Crippen MR) is 92.1 cm³/mol. The first-order valence-corrected chi connectivity index (χ1v) is 8.41. The minimum atomic E-state index is -0.528. The van der Waals surface area contributed by atoms with Crippen molar-refractivity contribution in [3.63, 3.8) is 0 Å². The topological polar surface area (TPSA) is 72.2 Å². The Bertz CT molecular complexity index is 704. The number of hydrogen-bond acceptors (Lipinski definition) is 4. The van der Waals surface area contributed by atoms with Crippen molar-refractivity contribution >= 4 is 23.4 Å². The van der Waals surface area contributed by atoms with E-state index in [1.165, 1.54) is 17.8 Å². The molecule has 0 saturated heterocycles. The normalized spacial score (nSPS) is 11.7. The van der Waals surface area contributed by atoms with Crippen LogP contribution in [-0.4, -0.2) is 23.6 Å². The van der Waals surface area contributed by atoms with E-state index < -0.39 is 10.8 Å². The van der Waals surface area contributed by atoms with Crippen LogP contribution in [0.4, 0.5) is 5.69 Å². The Kier molecular flexibility index (Phi) is 5.76. The summed E-state index contributed by atoms with van der Waals surface area (Å²) in [5.41, 5.74) is 1.04. The standard InChI is InChI=1S/C17H18N2O3S/c1-12(13-6-4-3-5-7-13)11-18-17(20)15-10-14(23-2)8-9-16(15)19(21)22/h3-10,12H,11H2,1-2H3,(H,18,20)/t12-/m0/s1. The van der Waals surface area contributed by atoms with Crippen LogP contribution >= 0.6 is 11.8 Å². The predicted octanol–water partition coefficient (Wildman–Crippen LogP) is 3.85. The van der Waals surface area contributed by atoms with E-state index in [0.717, 1.165) is 10.5 Å². The van der Waals surface area contributed by atoms with Gasteiger partial charge in [0, 0.05) is 17.5 Å². The quantitative estimate of drug-likeness (QED) is 0.496. The van der Waals surface area contributed by atoms with Crippen molar-refractivity contribution < 1.29 is 9.72 Å². The van der Waals surface area contributed by atoms with Crippen LogP contribution in [0.2, 0.25) is 0 Å². The van der Waals surface area contributed by atoms with Gasteiger partial charge >= 0.3 is 0 Å². The van der Waals surface area contributed by atoms with Gasteiger partial charge in [-0.15, -0.1) is 11.8 Å². The minimum Gasteiger partial charge on any atom is -0.351 e. The second-order valence-electron chi connectivity index (χ2n) is 5.16. The van der Waals surface area contributed by atoms with Crippen LogP contribution < -0.4 is 5.32 Å². The van der Waals surface area contributed by atoms with E-state index in [1.54, 1.807) is 12.1 Å². The zero-order valence-corrected chi connectivity index (χ0v) is 13.8. The van der Waals surface area contributed by atoms with E-state index in [9.17, 15) is 14.9 Å². The minimum absolute atomic E-state index is 0.0992. The fourth-order valence-corrected chi connectivity index (χ4v) is 2.66. The monoisotopic (exact) mass is 330 g/mol. The molecule has 0 spiro atoms. The van der Waals surface area contributed by atoms with Crippen LogP contribution in [0.1, 0.15) is 28.8 Å². The molecule has 0 unspecified atom stereocenters. The molecule has 6 heteroatoms. The first-order valence-electron chi connectivity index (χ1n) is 7.18. The van der Waals surface area contributed by atoms with Crippen molar-refractivity contribution in [1.29, 1.82) is 0 Å². The van der Waals surface area contributed by atoms with Crippen molar-refractivity contribution in [2.45, 2.75) is 17.7 Å². The van der Waals surface area contributed by atoms with Gasteiger partial charge in [0.15, 0.2) is 0 Å². The molecular formula is C17H18N2O3S. The molecule has 0 radical (unpaired) electrons. The Morgan fingerprint density at radius 2 is 1.96 bits per heavy atom. The van der Waals surface area contributed by atoms with E-state index in [4.69, 9.17) is 0 Å². The summed E-state index contributed by atoms with van der Waals surface area (Å²) in [5, 5.41) is 13.9. The van der Waals surface area contributed by atoms with E-state index in [1.807, 2.05) is 43.5 Å². The van der Waals surface area contributed by atoms with Crippen LogP contribution in [0, 0.1) is 10.1 Å². The molecule has 120 valence electrons. The molecule has 5 nitrogen and oxygen atoms in total. The maximum absolute atomic E-state index is 12.3. The van der Waals surface area contributed by atoms with Crippen molar-refractivity contribution in [2.24, 2.45) is 0 Å². The lowest BCUT2D eigenvalue weighted by atomic mass is 10.0. The van der Waals surface area contributed by atoms with Gasteiger partial charge < -0.3 is 5.32 Å². The van der Waals surface area contributed by atoms with Gasteiger partial charge in [-0.05, 0) is 29.9 Å². The molecule has 0 bridgehead atoms. The average molecular weight is 330 g/mol. The van der Waals surface area contributed by atoms with Crippen molar-refractivity contribution in [3.05, 3.63) is 69.8 Å². The molecule has 0 aliphatic heterocycles. The Labute approximate surface area is 139 Å².